The second-order valence-corrected chi connectivity index (χ2v) is 7.01. The molecule has 1 heterocycles. The molecule has 1 aliphatic heterocycles. The van der Waals surface area contributed by atoms with Crippen LogP contribution in [0.2, 0.25) is 0 Å². The summed E-state index contributed by atoms with van der Waals surface area (Å²) in [4.78, 5) is 25.7. The van der Waals surface area contributed by atoms with Crippen molar-refractivity contribution in [1.29, 1.82) is 0 Å². The van der Waals surface area contributed by atoms with Crippen molar-refractivity contribution >= 4 is 11.9 Å². The fraction of sp³-hybridized carbons (Fsp3) is 0.750. The van der Waals surface area contributed by atoms with Gasteiger partial charge in [0.25, 0.3) is 0 Å². The summed E-state index contributed by atoms with van der Waals surface area (Å²) in [7, 11) is 0. The minimum Gasteiger partial charge on any atom is -0.444 e. The van der Waals surface area contributed by atoms with E-state index in [0.717, 1.165) is 19.3 Å². The molecular weight excluding hydrogens is 254 g/mol. The van der Waals surface area contributed by atoms with E-state index < -0.39 is 5.60 Å². The lowest BCUT2D eigenvalue weighted by molar-refractivity contribution is -0.119. The van der Waals surface area contributed by atoms with Gasteiger partial charge in [0, 0.05) is 24.4 Å². The molecule has 2 rings (SSSR count). The standard InChI is InChI=1S/C16H25NO3/c1-12-13(18)6-8-16(12)7-5-10-17(11-9-16)14(19)20-15(2,3)4/h6,8,12H,5,7,9-11H2,1-4H3. The van der Waals surface area contributed by atoms with E-state index in [9.17, 15) is 9.59 Å². The number of hydrogen-bond donors (Lipinski definition) is 0. The van der Waals surface area contributed by atoms with E-state index in [2.05, 4.69) is 6.08 Å². The first-order valence-corrected chi connectivity index (χ1v) is 7.45. The molecule has 0 bridgehead atoms. The Morgan fingerprint density at radius 2 is 2.05 bits per heavy atom. The van der Waals surface area contributed by atoms with Crippen molar-refractivity contribution in [2.75, 3.05) is 13.1 Å². The van der Waals surface area contributed by atoms with Gasteiger partial charge in [-0.25, -0.2) is 4.79 Å². The SMILES string of the molecule is CC1C(=O)C=CC12CCCN(C(=O)OC(C)(C)C)CC2. The van der Waals surface area contributed by atoms with Gasteiger partial charge in [0.2, 0.25) is 0 Å². The third-order valence-electron chi connectivity index (χ3n) is 4.44. The summed E-state index contributed by atoms with van der Waals surface area (Å²) in [5, 5.41) is 0. The molecule has 2 atom stereocenters. The topological polar surface area (TPSA) is 46.6 Å². The summed E-state index contributed by atoms with van der Waals surface area (Å²) in [5.41, 5.74) is -0.508. The fourth-order valence-electron chi connectivity index (χ4n) is 3.11. The van der Waals surface area contributed by atoms with Gasteiger partial charge in [0.05, 0.1) is 0 Å². The average Bonchev–Trinajstić information content (AvgIpc) is 2.54. The Morgan fingerprint density at radius 3 is 2.60 bits per heavy atom. The second kappa shape index (κ2) is 5.23. The second-order valence-electron chi connectivity index (χ2n) is 7.01. The lowest BCUT2D eigenvalue weighted by Crippen LogP contribution is -2.38. The molecule has 0 N–H and O–H groups in total. The molecule has 0 saturated carbocycles. The van der Waals surface area contributed by atoms with Crippen LogP contribution in [0.4, 0.5) is 4.79 Å². The maximum absolute atomic E-state index is 12.1. The van der Waals surface area contributed by atoms with Crippen LogP contribution in [0.5, 0.6) is 0 Å². The zero-order valence-electron chi connectivity index (χ0n) is 12.9. The van der Waals surface area contributed by atoms with Crippen LogP contribution in [0.15, 0.2) is 12.2 Å². The van der Waals surface area contributed by atoms with Gasteiger partial charge in [-0.15, -0.1) is 0 Å². The van der Waals surface area contributed by atoms with Crippen molar-refractivity contribution in [1.82, 2.24) is 4.90 Å². The van der Waals surface area contributed by atoms with Crippen LogP contribution in [0.3, 0.4) is 0 Å². The van der Waals surface area contributed by atoms with Gasteiger partial charge < -0.3 is 9.64 Å². The number of carbonyl (C=O) groups excluding carboxylic acids is 2. The Balaban J connectivity index is 2.01. The minimum absolute atomic E-state index is 0.0427. The van der Waals surface area contributed by atoms with Crippen LogP contribution in [-0.4, -0.2) is 35.5 Å². The molecule has 0 aromatic rings. The maximum atomic E-state index is 12.1. The molecule has 112 valence electrons. The molecule has 0 radical (unpaired) electrons. The third-order valence-corrected chi connectivity index (χ3v) is 4.44. The van der Waals surface area contributed by atoms with E-state index in [1.165, 1.54) is 0 Å². The first kappa shape index (κ1) is 15.1. The highest BCUT2D eigenvalue weighted by molar-refractivity contribution is 5.95. The van der Waals surface area contributed by atoms with E-state index in [-0.39, 0.29) is 23.2 Å². The molecule has 2 aliphatic rings. The van der Waals surface area contributed by atoms with Crippen molar-refractivity contribution in [2.24, 2.45) is 11.3 Å². The molecule has 2 unspecified atom stereocenters. The number of ether oxygens (including phenoxy) is 1. The van der Waals surface area contributed by atoms with Crippen LogP contribution in [0.25, 0.3) is 0 Å². The zero-order chi connectivity index (χ0) is 15.0. The van der Waals surface area contributed by atoms with Gasteiger partial charge in [-0.2, -0.15) is 0 Å². The fourth-order valence-corrected chi connectivity index (χ4v) is 3.11. The van der Waals surface area contributed by atoms with Crippen molar-refractivity contribution in [3.8, 4) is 0 Å². The number of ketones is 1. The van der Waals surface area contributed by atoms with Gasteiger partial charge in [0.1, 0.15) is 5.60 Å². The number of amides is 1. The number of carbonyl (C=O) groups is 2. The maximum Gasteiger partial charge on any atom is 0.410 e. The number of likely N-dealkylation sites (tertiary alicyclic amines) is 1. The van der Waals surface area contributed by atoms with Crippen LogP contribution < -0.4 is 0 Å². The van der Waals surface area contributed by atoms with E-state index in [1.54, 1.807) is 11.0 Å². The van der Waals surface area contributed by atoms with Crippen molar-refractivity contribution < 1.29 is 14.3 Å². The molecule has 1 aliphatic carbocycles. The summed E-state index contributed by atoms with van der Waals surface area (Å²) >= 11 is 0. The molecule has 0 aromatic heterocycles. The first-order chi connectivity index (χ1) is 9.23. The molecular formula is C16H25NO3. The van der Waals surface area contributed by atoms with Crippen molar-refractivity contribution in [3.05, 3.63) is 12.2 Å². The molecule has 1 spiro atoms. The van der Waals surface area contributed by atoms with Gasteiger partial charge in [-0.1, -0.05) is 13.0 Å². The van der Waals surface area contributed by atoms with E-state index in [4.69, 9.17) is 4.74 Å². The number of rotatable bonds is 0. The molecule has 1 amide bonds. The molecule has 20 heavy (non-hydrogen) atoms. The quantitative estimate of drug-likeness (QED) is 0.684. The Morgan fingerprint density at radius 1 is 1.35 bits per heavy atom. The van der Waals surface area contributed by atoms with Gasteiger partial charge in [-0.3, -0.25) is 4.79 Å². The Labute approximate surface area is 121 Å². The van der Waals surface area contributed by atoms with E-state index in [0.29, 0.717) is 13.1 Å². The summed E-state index contributed by atoms with van der Waals surface area (Å²) < 4.78 is 5.43. The highest BCUT2D eigenvalue weighted by Crippen LogP contribution is 2.44. The first-order valence-electron chi connectivity index (χ1n) is 7.45. The van der Waals surface area contributed by atoms with Gasteiger partial charge >= 0.3 is 6.09 Å². The summed E-state index contributed by atoms with van der Waals surface area (Å²) in [6.07, 6.45) is 6.27. The third kappa shape index (κ3) is 3.05. The summed E-state index contributed by atoms with van der Waals surface area (Å²) in [6, 6.07) is 0. The predicted octanol–water partition coefficient (Wildman–Crippen LogP) is 3.17. The van der Waals surface area contributed by atoms with Crippen molar-refractivity contribution in [2.45, 2.75) is 52.6 Å². The number of nitrogens with zero attached hydrogens (tertiary/aromatic N) is 1. The van der Waals surface area contributed by atoms with Crippen LogP contribution in [-0.2, 0) is 9.53 Å². The molecule has 1 saturated heterocycles. The van der Waals surface area contributed by atoms with Crippen LogP contribution in [0.1, 0.15) is 47.0 Å². The Kier molecular flexibility index (Phi) is 3.94. The summed E-state index contributed by atoms with van der Waals surface area (Å²) in [5.74, 6) is 0.261. The predicted molar refractivity (Wildman–Crippen MR) is 77.4 cm³/mol. The highest BCUT2D eigenvalue weighted by atomic mass is 16.6. The summed E-state index contributed by atoms with van der Waals surface area (Å²) in [6.45, 7) is 9.02. The highest BCUT2D eigenvalue weighted by Gasteiger charge is 2.42. The normalized spacial score (nSPS) is 30.7. The Hall–Kier alpha value is -1.32. The smallest absolute Gasteiger partial charge is 0.410 e. The van der Waals surface area contributed by atoms with Gasteiger partial charge in [-0.05, 0) is 46.1 Å². The molecule has 4 nitrogen and oxygen atoms in total. The van der Waals surface area contributed by atoms with Gasteiger partial charge in [0.15, 0.2) is 5.78 Å². The van der Waals surface area contributed by atoms with E-state index in [1.807, 2.05) is 27.7 Å². The molecule has 1 fully saturated rings. The largest absolute Gasteiger partial charge is 0.444 e. The monoisotopic (exact) mass is 279 g/mol. The molecule has 4 heteroatoms. The molecule has 0 aromatic carbocycles. The number of allylic oxidation sites excluding steroid dienone is 2. The number of hydrogen-bond acceptors (Lipinski definition) is 3. The minimum atomic E-state index is -0.461. The Bertz CT molecular complexity index is 435. The van der Waals surface area contributed by atoms with Crippen molar-refractivity contribution in [3.63, 3.8) is 0 Å². The van der Waals surface area contributed by atoms with Crippen LogP contribution in [0, 0.1) is 11.3 Å². The zero-order valence-corrected chi connectivity index (χ0v) is 12.9. The lowest BCUT2D eigenvalue weighted by atomic mass is 9.73. The van der Waals surface area contributed by atoms with E-state index >= 15 is 0 Å². The average molecular weight is 279 g/mol. The lowest BCUT2D eigenvalue weighted by Gasteiger charge is -2.31. The van der Waals surface area contributed by atoms with Crippen LogP contribution >= 0.6 is 0 Å².